The maximum absolute atomic E-state index is 12.6. The molecule has 1 saturated carbocycles. The lowest BCUT2D eigenvalue weighted by atomic mass is 9.89. The van der Waals surface area contributed by atoms with Crippen LogP contribution < -0.4 is 5.32 Å². The van der Waals surface area contributed by atoms with Gasteiger partial charge in [0.25, 0.3) is 5.91 Å². The molecular weight excluding hydrogens is 346 g/mol. The van der Waals surface area contributed by atoms with E-state index in [0.717, 1.165) is 23.2 Å². The van der Waals surface area contributed by atoms with Gasteiger partial charge in [-0.25, -0.2) is 0 Å². The van der Waals surface area contributed by atoms with Gasteiger partial charge >= 0.3 is 0 Å². The second-order valence-electron chi connectivity index (χ2n) is 7.03. The minimum atomic E-state index is -0.00409. The summed E-state index contributed by atoms with van der Waals surface area (Å²) in [6, 6.07) is 13.5. The highest BCUT2D eigenvalue weighted by atomic mass is 35.5. The van der Waals surface area contributed by atoms with Crippen molar-refractivity contribution in [3.8, 4) is 11.1 Å². The van der Waals surface area contributed by atoms with Gasteiger partial charge in [-0.05, 0) is 59.7 Å². The van der Waals surface area contributed by atoms with Crippen molar-refractivity contribution in [2.45, 2.75) is 38.7 Å². The molecule has 4 heteroatoms. The zero-order valence-corrected chi connectivity index (χ0v) is 16.0. The highest BCUT2D eigenvalue weighted by Gasteiger charge is 2.16. The first-order valence-corrected chi connectivity index (χ1v) is 9.71. The maximum atomic E-state index is 12.6. The lowest BCUT2D eigenvalue weighted by molar-refractivity contribution is 0.0943. The van der Waals surface area contributed by atoms with Crippen LogP contribution in [0.1, 0.15) is 48.0 Å². The molecule has 2 aromatic rings. The van der Waals surface area contributed by atoms with E-state index in [0.29, 0.717) is 23.1 Å². The SMILES string of the molecule is COCc1cc(C(=O)NCC2CCCCC2)ccc1-c1ccc(Cl)cc1. The number of halogens is 1. The number of rotatable bonds is 6. The van der Waals surface area contributed by atoms with Crippen LogP contribution in [0.15, 0.2) is 42.5 Å². The van der Waals surface area contributed by atoms with Gasteiger partial charge in [-0.3, -0.25) is 4.79 Å². The number of nitrogens with one attached hydrogen (secondary N) is 1. The minimum absolute atomic E-state index is 0.00409. The molecular formula is C22H26ClNO2. The molecule has 0 aromatic heterocycles. The summed E-state index contributed by atoms with van der Waals surface area (Å²) >= 11 is 5.99. The molecule has 1 aliphatic rings. The Balaban J connectivity index is 1.74. The summed E-state index contributed by atoms with van der Waals surface area (Å²) in [5.74, 6) is 0.620. The van der Waals surface area contributed by atoms with Gasteiger partial charge in [0.1, 0.15) is 0 Å². The van der Waals surface area contributed by atoms with E-state index in [1.165, 1.54) is 32.1 Å². The van der Waals surface area contributed by atoms with Gasteiger partial charge in [0.05, 0.1) is 6.61 Å². The molecule has 0 saturated heterocycles. The summed E-state index contributed by atoms with van der Waals surface area (Å²) in [4.78, 5) is 12.6. The molecule has 0 bridgehead atoms. The Hall–Kier alpha value is -1.84. The fraction of sp³-hybridized carbons (Fsp3) is 0.409. The van der Waals surface area contributed by atoms with E-state index in [1.54, 1.807) is 7.11 Å². The highest BCUT2D eigenvalue weighted by Crippen LogP contribution is 2.27. The van der Waals surface area contributed by atoms with Gasteiger partial charge < -0.3 is 10.1 Å². The topological polar surface area (TPSA) is 38.3 Å². The van der Waals surface area contributed by atoms with Gasteiger partial charge in [0, 0.05) is 24.2 Å². The number of benzene rings is 2. The Kier molecular flexibility index (Phi) is 6.70. The molecule has 138 valence electrons. The number of carbonyl (C=O) groups excluding carboxylic acids is 1. The molecule has 0 atom stereocenters. The summed E-state index contributed by atoms with van der Waals surface area (Å²) < 4.78 is 5.35. The maximum Gasteiger partial charge on any atom is 0.251 e. The third-order valence-electron chi connectivity index (χ3n) is 5.10. The normalized spacial score (nSPS) is 15.0. The van der Waals surface area contributed by atoms with Crippen LogP contribution in [0.25, 0.3) is 11.1 Å². The fourth-order valence-electron chi connectivity index (χ4n) is 3.65. The number of amides is 1. The van der Waals surface area contributed by atoms with E-state index in [9.17, 15) is 4.79 Å². The third-order valence-corrected chi connectivity index (χ3v) is 5.35. The first-order valence-electron chi connectivity index (χ1n) is 9.33. The van der Waals surface area contributed by atoms with Crippen LogP contribution in [0, 0.1) is 5.92 Å². The summed E-state index contributed by atoms with van der Waals surface area (Å²) in [6.45, 7) is 1.24. The van der Waals surface area contributed by atoms with Crippen LogP contribution in [0.5, 0.6) is 0 Å². The predicted molar refractivity (Wildman–Crippen MR) is 107 cm³/mol. The molecule has 2 aromatic carbocycles. The van der Waals surface area contributed by atoms with Gasteiger partial charge in [-0.2, -0.15) is 0 Å². The van der Waals surface area contributed by atoms with Crippen molar-refractivity contribution in [2.75, 3.05) is 13.7 Å². The molecule has 0 heterocycles. The molecule has 1 fully saturated rings. The molecule has 0 radical (unpaired) electrons. The van der Waals surface area contributed by atoms with Crippen LogP contribution >= 0.6 is 11.6 Å². The zero-order valence-electron chi connectivity index (χ0n) is 15.3. The molecule has 1 N–H and O–H groups in total. The minimum Gasteiger partial charge on any atom is -0.380 e. The Labute approximate surface area is 160 Å². The molecule has 1 amide bonds. The fourth-order valence-corrected chi connectivity index (χ4v) is 3.78. The molecule has 1 aliphatic carbocycles. The van der Waals surface area contributed by atoms with Crippen molar-refractivity contribution in [3.63, 3.8) is 0 Å². The molecule has 0 aliphatic heterocycles. The molecule has 0 unspecified atom stereocenters. The van der Waals surface area contributed by atoms with Gasteiger partial charge in [0.2, 0.25) is 0 Å². The molecule has 0 spiro atoms. The average Bonchev–Trinajstić information content (AvgIpc) is 2.68. The first kappa shape index (κ1) is 18.9. The summed E-state index contributed by atoms with van der Waals surface area (Å²) in [5.41, 5.74) is 3.81. The van der Waals surface area contributed by atoms with Crippen LogP contribution in [0.2, 0.25) is 5.02 Å². The monoisotopic (exact) mass is 371 g/mol. The van der Waals surface area contributed by atoms with Gasteiger partial charge in [-0.15, -0.1) is 0 Å². The zero-order chi connectivity index (χ0) is 18.4. The second-order valence-corrected chi connectivity index (χ2v) is 7.46. The van der Waals surface area contributed by atoms with Gasteiger partial charge in [0.15, 0.2) is 0 Å². The number of hydrogen-bond acceptors (Lipinski definition) is 2. The van der Waals surface area contributed by atoms with E-state index in [2.05, 4.69) is 5.32 Å². The third kappa shape index (κ3) is 4.87. The van der Waals surface area contributed by atoms with Crippen LogP contribution in [-0.2, 0) is 11.3 Å². The van der Waals surface area contributed by atoms with Crippen molar-refractivity contribution in [2.24, 2.45) is 5.92 Å². The van der Waals surface area contributed by atoms with Crippen molar-refractivity contribution in [1.82, 2.24) is 5.32 Å². The molecule has 26 heavy (non-hydrogen) atoms. The highest BCUT2D eigenvalue weighted by molar-refractivity contribution is 6.30. The summed E-state index contributed by atoms with van der Waals surface area (Å²) in [6.07, 6.45) is 6.36. The number of ether oxygens (including phenoxy) is 1. The van der Waals surface area contributed by atoms with E-state index < -0.39 is 0 Å². The first-order chi connectivity index (χ1) is 12.7. The quantitative estimate of drug-likeness (QED) is 0.731. The summed E-state index contributed by atoms with van der Waals surface area (Å²) in [5, 5.41) is 3.82. The summed E-state index contributed by atoms with van der Waals surface area (Å²) in [7, 11) is 1.67. The van der Waals surface area contributed by atoms with Crippen LogP contribution in [0.4, 0.5) is 0 Å². The second kappa shape index (κ2) is 9.20. The van der Waals surface area contributed by atoms with Gasteiger partial charge in [-0.1, -0.05) is 49.1 Å². The van der Waals surface area contributed by atoms with Crippen molar-refractivity contribution in [1.29, 1.82) is 0 Å². The Morgan fingerprint density at radius 1 is 1.12 bits per heavy atom. The molecule has 3 rings (SSSR count). The van der Waals surface area contributed by atoms with Crippen LogP contribution in [-0.4, -0.2) is 19.6 Å². The number of methoxy groups -OCH3 is 1. The van der Waals surface area contributed by atoms with E-state index in [1.807, 2.05) is 42.5 Å². The number of carbonyl (C=O) groups is 1. The van der Waals surface area contributed by atoms with Crippen molar-refractivity contribution >= 4 is 17.5 Å². The van der Waals surface area contributed by atoms with E-state index in [4.69, 9.17) is 16.3 Å². The van der Waals surface area contributed by atoms with Crippen molar-refractivity contribution < 1.29 is 9.53 Å². The Morgan fingerprint density at radius 2 is 1.85 bits per heavy atom. The van der Waals surface area contributed by atoms with E-state index in [-0.39, 0.29) is 5.91 Å². The largest absolute Gasteiger partial charge is 0.380 e. The van der Waals surface area contributed by atoms with E-state index >= 15 is 0 Å². The Bertz CT molecular complexity index is 736. The Morgan fingerprint density at radius 3 is 2.54 bits per heavy atom. The van der Waals surface area contributed by atoms with Crippen molar-refractivity contribution in [3.05, 3.63) is 58.6 Å². The smallest absolute Gasteiger partial charge is 0.251 e. The lowest BCUT2D eigenvalue weighted by Crippen LogP contribution is -2.30. The van der Waals surface area contributed by atoms with Crippen LogP contribution in [0.3, 0.4) is 0 Å². The lowest BCUT2D eigenvalue weighted by Gasteiger charge is -2.21. The molecule has 3 nitrogen and oxygen atoms in total. The average molecular weight is 372 g/mol. The predicted octanol–water partition coefficient (Wildman–Crippen LogP) is 5.46. The number of hydrogen-bond donors (Lipinski definition) is 1. The standard InChI is InChI=1S/C22H26ClNO2/c1-26-15-19-13-18(22(25)24-14-16-5-3-2-4-6-16)9-12-21(19)17-7-10-20(23)11-8-17/h7-13,16H,2-6,14-15H2,1H3,(H,24,25).